The predicted octanol–water partition coefficient (Wildman–Crippen LogP) is 5.79. The fourth-order valence-electron chi connectivity index (χ4n) is 5.30. The van der Waals surface area contributed by atoms with Gasteiger partial charge in [-0.15, -0.1) is 0 Å². The minimum absolute atomic E-state index is 1.00. The van der Waals surface area contributed by atoms with Gasteiger partial charge in [-0.1, -0.05) is 152 Å². The van der Waals surface area contributed by atoms with Crippen molar-refractivity contribution in [1.82, 2.24) is 4.98 Å². The van der Waals surface area contributed by atoms with Crippen LogP contribution in [0.15, 0.2) is 164 Å². The Morgan fingerprint density at radius 1 is 0.351 bits per heavy atom. The Kier molecular flexibility index (Phi) is 6.32. The molecule has 1 aromatic heterocycles. The molecule has 1 heterocycles. The smallest absolute Gasteiger partial charge is 0.201 e. The fourth-order valence-corrected chi connectivity index (χ4v) is 9.92. The van der Waals surface area contributed by atoms with Gasteiger partial charge in [-0.25, -0.2) is 0 Å². The zero-order chi connectivity index (χ0) is 24.9. The maximum absolute atomic E-state index is 5.41. The third-order valence-electron chi connectivity index (χ3n) is 7.02. The van der Waals surface area contributed by atoms with E-state index in [-0.39, 0.29) is 0 Å². The highest BCUT2D eigenvalue weighted by molar-refractivity contribution is 7.19. The molecule has 0 spiro atoms. The molecule has 37 heavy (non-hydrogen) atoms. The molecule has 0 aliphatic heterocycles. The molecule has 6 aromatic rings. The summed E-state index contributed by atoms with van der Waals surface area (Å²) < 4.78 is 0. The van der Waals surface area contributed by atoms with Gasteiger partial charge in [0.25, 0.3) is 0 Å². The number of hydrogen-bond acceptors (Lipinski definition) is 1. The second-order valence-corrected chi connectivity index (χ2v) is 12.9. The number of pyridine rings is 1. The van der Waals surface area contributed by atoms with Gasteiger partial charge in [-0.05, 0) is 38.8 Å². The summed E-state index contributed by atoms with van der Waals surface area (Å²) in [5.41, 5.74) is 4.58. The Morgan fingerprint density at radius 2 is 0.811 bits per heavy atom. The zero-order valence-corrected chi connectivity index (χ0v) is 21.5. The molecule has 6 rings (SSSR count). The summed E-state index contributed by atoms with van der Waals surface area (Å²) >= 11 is 0. The van der Waals surface area contributed by atoms with E-state index in [1.54, 1.807) is 0 Å². The summed E-state index contributed by atoms with van der Waals surface area (Å²) in [7, 11) is -2.74. The van der Waals surface area contributed by atoms with Crippen molar-refractivity contribution < 1.29 is 0 Å². The highest BCUT2D eigenvalue weighted by Gasteiger charge is 2.43. The van der Waals surface area contributed by atoms with Gasteiger partial charge >= 0.3 is 0 Å². The number of benzene rings is 5. The summed E-state index contributed by atoms with van der Waals surface area (Å²) in [4.78, 5) is 5.41. The fraction of sp³-hybridized carbons (Fsp3) is 0. The summed E-state index contributed by atoms with van der Waals surface area (Å²) in [6.45, 7) is 0. The topological polar surface area (TPSA) is 12.9 Å². The quantitative estimate of drug-likeness (QED) is 0.213. The van der Waals surface area contributed by atoms with E-state index in [2.05, 4.69) is 164 Å². The number of rotatable bonds is 6. The standard InChI is InChI=1S/C35H27NSi/c1-5-15-28(16-6-1)30-19-13-24-33(27-30)37(31-20-9-3-10-21-31,32-22-11-4-12-23-32)35-26-14-25-34(36-35)29-17-7-2-8-18-29/h1-27H. The normalized spacial score (nSPS) is 11.2. The third-order valence-corrected chi connectivity index (χ3v) is 11.6. The number of hydrogen-bond donors (Lipinski definition) is 0. The zero-order valence-electron chi connectivity index (χ0n) is 20.5. The first-order valence-corrected chi connectivity index (χ1v) is 14.7. The lowest BCUT2D eigenvalue weighted by molar-refractivity contribution is 1.37. The molecule has 0 unspecified atom stereocenters. The van der Waals surface area contributed by atoms with Crippen LogP contribution in [0.5, 0.6) is 0 Å². The van der Waals surface area contributed by atoms with E-state index < -0.39 is 8.07 Å². The Bertz CT molecular complexity index is 1470. The molecule has 0 bridgehead atoms. The van der Waals surface area contributed by atoms with Gasteiger partial charge in [0.1, 0.15) is 0 Å². The molecule has 0 saturated heterocycles. The molecule has 0 aliphatic carbocycles. The highest BCUT2D eigenvalue weighted by Crippen LogP contribution is 2.20. The van der Waals surface area contributed by atoms with Crippen LogP contribution in [0.2, 0.25) is 0 Å². The Hall–Kier alpha value is -4.53. The van der Waals surface area contributed by atoms with E-state index in [1.807, 2.05) is 0 Å². The van der Waals surface area contributed by atoms with Crippen molar-refractivity contribution in [2.45, 2.75) is 0 Å². The molecule has 176 valence electrons. The summed E-state index contributed by atoms with van der Waals surface area (Å²) in [6.07, 6.45) is 0. The monoisotopic (exact) mass is 489 g/mol. The second-order valence-electron chi connectivity index (χ2n) is 9.20. The van der Waals surface area contributed by atoms with Crippen molar-refractivity contribution in [1.29, 1.82) is 0 Å². The second kappa shape index (κ2) is 10.2. The van der Waals surface area contributed by atoms with Gasteiger partial charge in [-0.3, -0.25) is 4.98 Å². The van der Waals surface area contributed by atoms with E-state index in [4.69, 9.17) is 4.98 Å². The minimum Gasteiger partial charge on any atom is -0.256 e. The average Bonchev–Trinajstić information content (AvgIpc) is 3.00. The van der Waals surface area contributed by atoms with Crippen molar-refractivity contribution in [3.05, 3.63) is 164 Å². The van der Waals surface area contributed by atoms with E-state index in [1.165, 1.54) is 26.7 Å². The van der Waals surface area contributed by atoms with E-state index >= 15 is 0 Å². The molecule has 0 atom stereocenters. The van der Waals surface area contributed by atoms with Crippen LogP contribution in [-0.2, 0) is 0 Å². The summed E-state index contributed by atoms with van der Waals surface area (Å²) in [5.74, 6) is 0. The molecule has 0 saturated carbocycles. The maximum atomic E-state index is 5.41. The first-order valence-electron chi connectivity index (χ1n) is 12.7. The minimum atomic E-state index is -2.74. The van der Waals surface area contributed by atoms with Crippen molar-refractivity contribution in [3.63, 3.8) is 0 Å². The number of nitrogens with zero attached hydrogens (tertiary/aromatic N) is 1. The van der Waals surface area contributed by atoms with Gasteiger partial charge < -0.3 is 0 Å². The van der Waals surface area contributed by atoms with Crippen LogP contribution in [0.3, 0.4) is 0 Å². The molecule has 0 radical (unpaired) electrons. The molecular formula is C35H27NSi. The van der Waals surface area contributed by atoms with Crippen LogP contribution in [0, 0.1) is 0 Å². The SMILES string of the molecule is c1ccc(-c2cccc([Si](c3ccccc3)(c3ccccc3)c3cccc(-c4ccccc4)n3)c2)cc1. The van der Waals surface area contributed by atoms with E-state index in [0.717, 1.165) is 16.6 Å². The van der Waals surface area contributed by atoms with Crippen LogP contribution in [0.25, 0.3) is 22.4 Å². The Labute approximate surface area is 219 Å². The molecule has 1 nitrogen and oxygen atoms in total. The van der Waals surface area contributed by atoms with Crippen LogP contribution >= 0.6 is 0 Å². The van der Waals surface area contributed by atoms with Gasteiger partial charge in [-0.2, -0.15) is 0 Å². The molecular weight excluding hydrogens is 462 g/mol. The van der Waals surface area contributed by atoms with Crippen LogP contribution in [0.4, 0.5) is 0 Å². The van der Waals surface area contributed by atoms with E-state index in [0.29, 0.717) is 0 Å². The molecule has 0 aliphatic rings. The first kappa shape index (κ1) is 22.9. The molecule has 0 N–H and O–H groups in total. The lowest BCUT2D eigenvalue weighted by Crippen LogP contribution is -2.75. The highest BCUT2D eigenvalue weighted by atomic mass is 28.3. The molecule has 2 heteroatoms. The van der Waals surface area contributed by atoms with Crippen LogP contribution < -0.4 is 20.9 Å². The summed E-state index contributed by atoms with van der Waals surface area (Å²) in [6, 6.07) is 58.7. The molecule has 0 fully saturated rings. The third kappa shape index (κ3) is 4.33. The van der Waals surface area contributed by atoms with Crippen molar-refractivity contribution in [2.24, 2.45) is 0 Å². The Morgan fingerprint density at radius 3 is 1.41 bits per heavy atom. The average molecular weight is 490 g/mol. The molecule has 5 aromatic carbocycles. The van der Waals surface area contributed by atoms with Crippen LogP contribution in [-0.4, -0.2) is 13.1 Å². The largest absolute Gasteiger partial charge is 0.256 e. The lowest BCUT2D eigenvalue weighted by atomic mass is 10.1. The predicted molar refractivity (Wildman–Crippen MR) is 159 cm³/mol. The lowest BCUT2D eigenvalue weighted by Gasteiger charge is -2.33. The first-order chi connectivity index (χ1) is 18.4. The maximum Gasteiger partial charge on any atom is 0.201 e. The van der Waals surface area contributed by atoms with Crippen LogP contribution in [0.1, 0.15) is 0 Å². The van der Waals surface area contributed by atoms with Gasteiger partial charge in [0, 0.05) is 10.9 Å². The van der Waals surface area contributed by atoms with Crippen molar-refractivity contribution in [2.75, 3.05) is 0 Å². The van der Waals surface area contributed by atoms with Crippen molar-refractivity contribution in [3.8, 4) is 22.4 Å². The van der Waals surface area contributed by atoms with E-state index in [9.17, 15) is 0 Å². The number of aromatic nitrogens is 1. The molecule has 0 amide bonds. The van der Waals surface area contributed by atoms with Gasteiger partial charge in [0.05, 0.1) is 5.69 Å². The van der Waals surface area contributed by atoms with Crippen molar-refractivity contribution >= 4 is 29.0 Å². The summed E-state index contributed by atoms with van der Waals surface area (Å²) in [5, 5.41) is 5.11. The van der Waals surface area contributed by atoms with Gasteiger partial charge in [0.15, 0.2) is 0 Å². The van der Waals surface area contributed by atoms with Gasteiger partial charge in [0.2, 0.25) is 8.07 Å². The Balaban J connectivity index is 1.68.